The quantitative estimate of drug-likeness (QED) is 0.354. The second-order valence-corrected chi connectivity index (χ2v) is 9.09. The van der Waals surface area contributed by atoms with E-state index in [9.17, 15) is 19.2 Å². The van der Waals surface area contributed by atoms with Crippen molar-refractivity contribution in [3.05, 3.63) is 0 Å². The number of carbonyl (C=O) groups is 4. The molecule has 1 aliphatic heterocycles. The van der Waals surface area contributed by atoms with Crippen LogP contribution in [0.5, 0.6) is 0 Å². The summed E-state index contributed by atoms with van der Waals surface area (Å²) in [4.78, 5) is 50.7. The Balaban J connectivity index is 1.36. The van der Waals surface area contributed by atoms with E-state index in [-0.39, 0.29) is 57.0 Å². The van der Waals surface area contributed by atoms with E-state index in [4.69, 9.17) is 14.6 Å². The molecule has 3 unspecified atom stereocenters. The molecule has 2 amide bonds. The number of hydrogen-bond donors (Lipinski definition) is 2. The van der Waals surface area contributed by atoms with E-state index in [1.165, 1.54) is 0 Å². The Kier molecular flexibility index (Phi) is 9.57. The van der Waals surface area contributed by atoms with E-state index in [2.05, 4.69) is 17.2 Å². The Bertz CT molecular complexity index is 803. The largest absolute Gasteiger partial charge is 0.480 e. The monoisotopic (exact) mass is 477 g/mol. The Morgan fingerprint density at radius 3 is 2.38 bits per heavy atom. The lowest BCUT2D eigenvalue weighted by Crippen LogP contribution is -2.57. The topological polar surface area (TPSA) is 125 Å². The van der Waals surface area contributed by atoms with Crippen molar-refractivity contribution in [1.82, 2.24) is 15.1 Å². The first-order valence-corrected chi connectivity index (χ1v) is 12.1. The summed E-state index contributed by atoms with van der Waals surface area (Å²) in [6.45, 7) is 3.11. The van der Waals surface area contributed by atoms with Crippen LogP contribution < -0.4 is 5.32 Å². The Morgan fingerprint density at radius 1 is 1.03 bits per heavy atom. The molecule has 10 heteroatoms. The Labute approximate surface area is 200 Å². The van der Waals surface area contributed by atoms with Crippen molar-refractivity contribution in [2.24, 2.45) is 17.8 Å². The number of nitrogens with one attached hydrogen (secondary N) is 1. The summed E-state index contributed by atoms with van der Waals surface area (Å²) in [7, 11) is 0. The number of aliphatic carboxylic acids is 1. The number of carboxylic acid groups (broad SMARTS) is 1. The van der Waals surface area contributed by atoms with Crippen molar-refractivity contribution < 1.29 is 33.8 Å². The number of piperazine rings is 1. The summed E-state index contributed by atoms with van der Waals surface area (Å²) in [5.74, 6) is 6.46. The lowest BCUT2D eigenvalue weighted by Gasteiger charge is -2.40. The Morgan fingerprint density at radius 2 is 1.74 bits per heavy atom. The first kappa shape index (κ1) is 25.8. The van der Waals surface area contributed by atoms with Crippen molar-refractivity contribution in [1.29, 1.82) is 0 Å². The van der Waals surface area contributed by atoms with Crippen LogP contribution in [0.4, 0.5) is 4.79 Å². The van der Waals surface area contributed by atoms with E-state index in [1.54, 1.807) is 16.7 Å². The highest BCUT2D eigenvalue weighted by Crippen LogP contribution is 2.52. The first-order valence-electron chi connectivity index (χ1n) is 12.1. The third kappa shape index (κ3) is 7.62. The smallest absolute Gasteiger partial charge is 0.407 e. The van der Waals surface area contributed by atoms with Gasteiger partial charge in [0.15, 0.2) is 0 Å². The van der Waals surface area contributed by atoms with Crippen LogP contribution in [-0.4, -0.2) is 90.8 Å². The SMILES string of the molecule is CCC(=O)OCC1CN(C(=O)CCNC(=O)OCC2C3CCC#CCCC32)CCN1CC(=O)O. The van der Waals surface area contributed by atoms with E-state index in [1.807, 2.05) is 0 Å². The molecule has 2 aliphatic carbocycles. The minimum absolute atomic E-state index is 0.0313. The van der Waals surface area contributed by atoms with Gasteiger partial charge in [0.2, 0.25) is 5.91 Å². The molecule has 0 spiro atoms. The molecule has 0 radical (unpaired) electrons. The van der Waals surface area contributed by atoms with Gasteiger partial charge in [0, 0.05) is 51.9 Å². The minimum atomic E-state index is -0.973. The summed E-state index contributed by atoms with van der Waals surface area (Å²) >= 11 is 0. The number of carbonyl (C=O) groups excluding carboxylic acids is 3. The number of hydrogen-bond acceptors (Lipinski definition) is 7. The van der Waals surface area contributed by atoms with Crippen LogP contribution >= 0.6 is 0 Å². The first-order chi connectivity index (χ1) is 16.4. The zero-order valence-electron chi connectivity index (χ0n) is 19.8. The fourth-order valence-electron chi connectivity index (χ4n) is 4.89. The van der Waals surface area contributed by atoms with E-state index in [0.717, 1.165) is 25.7 Å². The van der Waals surface area contributed by atoms with Crippen LogP contribution in [0.25, 0.3) is 0 Å². The average molecular weight is 478 g/mol. The molecule has 0 aromatic rings. The fourth-order valence-corrected chi connectivity index (χ4v) is 4.89. The maximum absolute atomic E-state index is 12.6. The summed E-state index contributed by atoms with van der Waals surface area (Å²) in [5.41, 5.74) is 0. The average Bonchev–Trinajstić information content (AvgIpc) is 3.45. The zero-order chi connectivity index (χ0) is 24.5. The molecular formula is C24H35N3O7. The van der Waals surface area contributed by atoms with Gasteiger partial charge in [0.1, 0.15) is 6.61 Å². The Hall–Kier alpha value is -2.80. The van der Waals surface area contributed by atoms with Crippen molar-refractivity contribution in [3.63, 3.8) is 0 Å². The molecule has 188 valence electrons. The van der Waals surface area contributed by atoms with Crippen LogP contribution in [0, 0.1) is 29.6 Å². The van der Waals surface area contributed by atoms with Crippen molar-refractivity contribution in [3.8, 4) is 11.8 Å². The van der Waals surface area contributed by atoms with Gasteiger partial charge in [0.05, 0.1) is 19.2 Å². The van der Waals surface area contributed by atoms with Crippen molar-refractivity contribution in [2.45, 2.75) is 51.5 Å². The summed E-state index contributed by atoms with van der Waals surface area (Å²) in [6.07, 6.45) is 3.80. The van der Waals surface area contributed by atoms with E-state index >= 15 is 0 Å². The summed E-state index contributed by atoms with van der Waals surface area (Å²) in [5, 5.41) is 11.8. The third-order valence-corrected chi connectivity index (χ3v) is 6.88. The highest BCUT2D eigenvalue weighted by molar-refractivity contribution is 5.77. The molecule has 3 atom stereocenters. The number of amides is 2. The van der Waals surface area contributed by atoms with Crippen molar-refractivity contribution >= 4 is 23.9 Å². The lowest BCUT2D eigenvalue weighted by molar-refractivity contribution is -0.148. The highest BCUT2D eigenvalue weighted by Gasteiger charge is 2.49. The third-order valence-electron chi connectivity index (χ3n) is 6.88. The van der Waals surface area contributed by atoms with E-state index in [0.29, 0.717) is 37.5 Å². The predicted molar refractivity (Wildman–Crippen MR) is 122 cm³/mol. The van der Waals surface area contributed by atoms with Gasteiger partial charge in [-0.2, -0.15) is 0 Å². The molecule has 0 aromatic carbocycles. The molecule has 2 N–H and O–H groups in total. The maximum Gasteiger partial charge on any atom is 0.407 e. The van der Waals surface area contributed by atoms with Gasteiger partial charge in [0.25, 0.3) is 0 Å². The van der Waals surface area contributed by atoms with Crippen LogP contribution in [-0.2, 0) is 23.9 Å². The fraction of sp³-hybridized carbons (Fsp3) is 0.750. The number of esters is 1. The summed E-state index contributed by atoms with van der Waals surface area (Å²) in [6, 6.07) is -0.386. The minimum Gasteiger partial charge on any atom is -0.480 e. The molecule has 3 aliphatic rings. The van der Waals surface area contributed by atoms with Gasteiger partial charge in [-0.1, -0.05) is 6.92 Å². The number of ether oxygens (including phenoxy) is 2. The summed E-state index contributed by atoms with van der Waals surface area (Å²) < 4.78 is 10.6. The van der Waals surface area contributed by atoms with Crippen LogP contribution in [0.3, 0.4) is 0 Å². The van der Waals surface area contributed by atoms with Gasteiger partial charge in [-0.15, -0.1) is 11.8 Å². The molecule has 2 fully saturated rings. The standard InChI is InChI=1S/C24H35N3O7/c1-2-23(31)33-15-17-13-27(12-11-26(17)14-22(29)30)21(28)9-10-25-24(32)34-16-20-18-7-5-3-4-6-8-19(18)20/h17-20H,2,5-16H2,1H3,(H,25,32)(H,29,30). The normalized spacial score (nSPS) is 26.1. The number of alkyl carbamates (subject to hydrolysis) is 1. The molecule has 1 saturated carbocycles. The zero-order valence-corrected chi connectivity index (χ0v) is 19.8. The van der Waals surface area contributed by atoms with Crippen LogP contribution in [0.2, 0.25) is 0 Å². The number of rotatable bonds is 10. The van der Waals surface area contributed by atoms with E-state index < -0.39 is 12.1 Å². The molecule has 10 nitrogen and oxygen atoms in total. The van der Waals surface area contributed by atoms with Gasteiger partial charge >= 0.3 is 18.0 Å². The predicted octanol–water partition coefficient (Wildman–Crippen LogP) is 1.09. The van der Waals surface area contributed by atoms with Crippen LogP contribution in [0.15, 0.2) is 0 Å². The highest BCUT2D eigenvalue weighted by atomic mass is 16.5. The molecule has 1 heterocycles. The molecule has 0 aromatic heterocycles. The van der Waals surface area contributed by atoms with Gasteiger partial charge < -0.3 is 24.8 Å². The molecule has 3 rings (SSSR count). The molecule has 34 heavy (non-hydrogen) atoms. The number of carboxylic acids is 1. The number of nitrogens with zero attached hydrogens (tertiary/aromatic N) is 2. The van der Waals surface area contributed by atoms with Gasteiger partial charge in [-0.3, -0.25) is 19.3 Å². The lowest BCUT2D eigenvalue weighted by atomic mass is 10.1. The van der Waals surface area contributed by atoms with Gasteiger partial charge in [-0.05, 0) is 30.6 Å². The number of fused-ring (bicyclic) bond motifs is 1. The molecular weight excluding hydrogens is 442 g/mol. The van der Waals surface area contributed by atoms with Crippen molar-refractivity contribution in [2.75, 3.05) is 45.9 Å². The van der Waals surface area contributed by atoms with Gasteiger partial charge in [-0.25, -0.2) is 4.79 Å². The molecule has 0 bridgehead atoms. The maximum atomic E-state index is 12.6. The van der Waals surface area contributed by atoms with Crippen LogP contribution in [0.1, 0.15) is 45.4 Å². The molecule has 1 saturated heterocycles. The second-order valence-electron chi connectivity index (χ2n) is 9.09. The second kappa shape index (κ2) is 12.6.